The monoisotopic (exact) mass is 382 g/mol. The Labute approximate surface area is 166 Å². The molecule has 0 bridgehead atoms. The van der Waals surface area contributed by atoms with Gasteiger partial charge in [0.25, 0.3) is 0 Å². The van der Waals surface area contributed by atoms with E-state index in [-0.39, 0.29) is 11.8 Å². The maximum atomic E-state index is 13.1. The van der Waals surface area contributed by atoms with Gasteiger partial charge in [0.15, 0.2) is 0 Å². The summed E-state index contributed by atoms with van der Waals surface area (Å²) in [6.45, 7) is 4.63. The number of hydrogen-bond acceptors (Lipinski definition) is 4. The summed E-state index contributed by atoms with van der Waals surface area (Å²) < 4.78 is 0. The summed E-state index contributed by atoms with van der Waals surface area (Å²) in [6.07, 6.45) is 9.91. The highest BCUT2D eigenvalue weighted by atomic mass is 16.2. The van der Waals surface area contributed by atoms with Gasteiger partial charge in [0.05, 0.1) is 5.69 Å². The van der Waals surface area contributed by atoms with Crippen LogP contribution in [0, 0.1) is 17.8 Å². The molecule has 2 aliphatic heterocycles. The first-order chi connectivity index (χ1) is 13.6. The molecule has 4 aliphatic rings. The van der Waals surface area contributed by atoms with Crippen LogP contribution >= 0.6 is 0 Å². The fourth-order valence-corrected chi connectivity index (χ4v) is 5.75. The zero-order valence-corrected chi connectivity index (χ0v) is 16.8. The quantitative estimate of drug-likeness (QED) is 0.788. The fraction of sp³-hybridized carbons (Fsp3) is 0.727. The molecule has 6 heteroatoms. The van der Waals surface area contributed by atoms with Gasteiger partial charge in [-0.15, -0.1) is 0 Å². The zero-order chi connectivity index (χ0) is 19.3. The molecule has 0 aromatic carbocycles. The predicted octanol–water partition coefficient (Wildman–Crippen LogP) is 2.52. The summed E-state index contributed by atoms with van der Waals surface area (Å²) in [5, 5.41) is 0. The van der Waals surface area contributed by atoms with Gasteiger partial charge in [0, 0.05) is 63.1 Å². The van der Waals surface area contributed by atoms with Crippen molar-refractivity contribution in [1.29, 1.82) is 0 Å². The topological polar surface area (TPSA) is 66.4 Å². The Morgan fingerprint density at radius 1 is 1.04 bits per heavy atom. The van der Waals surface area contributed by atoms with Crippen LogP contribution in [-0.2, 0) is 22.6 Å². The molecule has 28 heavy (non-hydrogen) atoms. The smallest absolute Gasteiger partial charge is 0.226 e. The van der Waals surface area contributed by atoms with E-state index in [2.05, 4.69) is 9.88 Å². The van der Waals surface area contributed by atoms with Gasteiger partial charge in [-0.25, -0.2) is 9.97 Å². The summed E-state index contributed by atoms with van der Waals surface area (Å²) >= 11 is 0. The van der Waals surface area contributed by atoms with Crippen LogP contribution in [0.5, 0.6) is 0 Å². The van der Waals surface area contributed by atoms with E-state index in [1.807, 2.05) is 11.1 Å². The number of likely N-dealkylation sites (tertiary alicyclic amines) is 1. The van der Waals surface area contributed by atoms with Crippen LogP contribution in [0.3, 0.4) is 0 Å². The van der Waals surface area contributed by atoms with Crippen LogP contribution in [-0.4, -0.2) is 51.2 Å². The minimum atomic E-state index is 0.108. The molecule has 150 valence electrons. The summed E-state index contributed by atoms with van der Waals surface area (Å²) in [5.74, 6) is 3.30. The number of carbonyl (C=O) groups excluding carboxylic acids is 2. The number of rotatable bonds is 2. The van der Waals surface area contributed by atoms with Gasteiger partial charge in [-0.05, 0) is 37.5 Å². The predicted molar refractivity (Wildman–Crippen MR) is 104 cm³/mol. The molecule has 1 saturated heterocycles. The van der Waals surface area contributed by atoms with Crippen molar-refractivity contribution in [3.05, 3.63) is 23.3 Å². The first-order valence-electron chi connectivity index (χ1n) is 11.0. The van der Waals surface area contributed by atoms with Crippen LogP contribution in [0.4, 0.5) is 0 Å². The van der Waals surface area contributed by atoms with Crippen LogP contribution < -0.4 is 0 Å². The van der Waals surface area contributed by atoms with Crippen molar-refractivity contribution in [2.75, 3.05) is 19.6 Å². The number of piperidine rings is 1. The summed E-state index contributed by atoms with van der Waals surface area (Å²) in [7, 11) is 0. The lowest BCUT2D eigenvalue weighted by atomic mass is 9.96. The molecule has 3 heterocycles. The number of carbonyl (C=O) groups is 2. The van der Waals surface area contributed by atoms with E-state index >= 15 is 0 Å². The Bertz CT molecular complexity index is 783. The standard InChI is InChI=1S/C22H30N4O2/c1-14(27)25-10-8-19-16(13-25)11-23-21(24-19)15-5-4-9-26(12-15)22(28)20-17-6-2-3-7-18(17)20/h11,15,17-18,20H,2-10,12-13H2,1H3/t15-,17-,18-/m1/s1. The lowest BCUT2D eigenvalue weighted by Crippen LogP contribution is -2.41. The highest BCUT2D eigenvalue weighted by molar-refractivity contribution is 5.82. The summed E-state index contributed by atoms with van der Waals surface area (Å²) in [5.41, 5.74) is 2.15. The minimum Gasteiger partial charge on any atom is -0.342 e. The van der Waals surface area contributed by atoms with E-state index in [4.69, 9.17) is 4.98 Å². The molecular formula is C22H30N4O2. The van der Waals surface area contributed by atoms with Crippen molar-refractivity contribution >= 4 is 11.8 Å². The second kappa shape index (κ2) is 7.12. The van der Waals surface area contributed by atoms with Gasteiger partial charge < -0.3 is 9.80 Å². The molecule has 2 saturated carbocycles. The molecule has 0 N–H and O–H groups in total. The fourth-order valence-electron chi connectivity index (χ4n) is 5.75. The third-order valence-corrected chi connectivity index (χ3v) is 7.44. The maximum Gasteiger partial charge on any atom is 0.226 e. The zero-order valence-electron chi connectivity index (χ0n) is 16.8. The average Bonchev–Trinajstić information content (AvgIpc) is 3.47. The molecule has 0 unspecified atom stereocenters. The van der Waals surface area contributed by atoms with Crippen molar-refractivity contribution in [2.45, 2.75) is 64.3 Å². The number of hydrogen-bond donors (Lipinski definition) is 0. The van der Waals surface area contributed by atoms with E-state index in [0.717, 1.165) is 56.0 Å². The second-order valence-corrected chi connectivity index (χ2v) is 9.15. The maximum absolute atomic E-state index is 13.1. The highest BCUT2D eigenvalue weighted by Crippen LogP contribution is 2.56. The van der Waals surface area contributed by atoms with E-state index in [1.165, 1.54) is 25.7 Å². The lowest BCUT2D eigenvalue weighted by molar-refractivity contribution is -0.134. The van der Waals surface area contributed by atoms with E-state index in [0.29, 0.717) is 30.2 Å². The van der Waals surface area contributed by atoms with E-state index in [9.17, 15) is 9.59 Å². The molecule has 3 fully saturated rings. The number of amides is 2. The Kier molecular flexibility index (Phi) is 4.60. The first kappa shape index (κ1) is 18.1. The molecule has 6 nitrogen and oxygen atoms in total. The summed E-state index contributed by atoms with van der Waals surface area (Å²) in [6, 6.07) is 0. The van der Waals surface area contributed by atoms with Crippen molar-refractivity contribution in [2.24, 2.45) is 17.8 Å². The van der Waals surface area contributed by atoms with E-state index < -0.39 is 0 Å². The Hall–Kier alpha value is -1.98. The van der Waals surface area contributed by atoms with Crippen LogP contribution in [0.1, 0.15) is 68.4 Å². The Morgan fingerprint density at radius 2 is 1.82 bits per heavy atom. The number of fused-ring (bicyclic) bond motifs is 2. The van der Waals surface area contributed by atoms with Gasteiger partial charge in [-0.1, -0.05) is 12.8 Å². The molecule has 0 spiro atoms. The second-order valence-electron chi connectivity index (χ2n) is 9.15. The third kappa shape index (κ3) is 3.20. The Morgan fingerprint density at radius 3 is 2.57 bits per heavy atom. The molecule has 2 aliphatic carbocycles. The van der Waals surface area contributed by atoms with Gasteiger partial charge in [-0.2, -0.15) is 0 Å². The molecular weight excluding hydrogens is 352 g/mol. The average molecular weight is 383 g/mol. The molecule has 5 rings (SSSR count). The number of nitrogens with zero attached hydrogens (tertiary/aromatic N) is 4. The van der Waals surface area contributed by atoms with Crippen molar-refractivity contribution in [3.8, 4) is 0 Å². The van der Waals surface area contributed by atoms with Crippen LogP contribution in [0.15, 0.2) is 6.20 Å². The third-order valence-electron chi connectivity index (χ3n) is 7.44. The minimum absolute atomic E-state index is 0.108. The Balaban J connectivity index is 1.27. The molecule has 2 amide bonds. The normalized spacial score (nSPS) is 31.8. The molecule has 3 atom stereocenters. The van der Waals surface area contributed by atoms with E-state index in [1.54, 1.807) is 6.92 Å². The van der Waals surface area contributed by atoms with Crippen molar-refractivity contribution < 1.29 is 9.59 Å². The lowest BCUT2D eigenvalue weighted by Gasteiger charge is -2.33. The van der Waals surface area contributed by atoms with Crippen LogP contribution in [0.2, 0.25) is 0 Å². The first-order valence-corrected chi connectivity index (χ1v) is 11.0. The van der Waals surface area contributed by atoms with Gasteiger partial charge in [0.2, 0.25) is 11.8 Å². The molecule has 0 radical (unpaired) electrons. The van der Waals surface area contributed by atoms with Gasteiger partial charge >= 0.3 is 0 Å². The largest absolute Gasteiger partial charge is 0.342 e. The van der Waals surface area contributed by atoms with Crippen molar-refractivity contribution in [1.82, 2.24) is 19.8 Å². The number of aromatic nitrogens is 2. The highest BCUT2D eigenvalue weighted by Gasteiger charge is 2.56. The molecule has 1 aromatic heterocycles. The van der Waals surface area contributed by atoms with Gasteiger partial charge in [-0.3, -0.25) is 9.59 Å². The summed E-state index contributed by atoms with van der Waals surface area (Å²) in [4.78, 5) is 38.2. The van der Waals surface area contributed by atoms with Crippen molar-refractivity contribution in [3.63, 3.8) is 0 Å². The van der Waals surface area contributed by atoms with Gasteiger partial charge in [0.1, 0.15) is 5.82 Å². The SMILES string of the molecule is CC(=O)N1CCc2nc([C@@H]3CCCN(C(=O)C4[C@@H]5CCCC[C@@H]45)C3)ncc2C1. The molecule has 1 aromatic rings. The van der Waals surface area contributed by atoms with Crippen LogP contribution in [0.25, 0.3) is 0 Å².